The van der Waals surface area contributed by atoms with Crippen molar-refractivity contribution in [3.8, 4) is 16.9 Å². The van der Waals surface area contributed by atoms with Gasteiger partial charge in [-0.2, -0.15) is 0 Å². The Morgan fingerprint density at radius 1 is 1.33 bits per heavy atom. The maximum absolute atomic E-state index is 11.4. The molecule has 3 heterocycles. The van der Waals surface area contributed by atoms with E-state index in [1.165, 1.54) is 0 Å². The third-order valence-electron chi connectivity index (χ3n) is 4.90. The van der Waals surface area contributed by atoms with Crippen LogP contribution >= 0.6 is 11.3 Å². The van der Waals surface area contributed by atoms with Gasteiger partial charge in [0.2, 0.25) is 0 Å². The molecule has 0 bridgehead atoms. The number of nitrogens with zero attached hydrogens (tertiary/aromatic N) is 3. The molecular weight excluding hydrogens is 362 g/mol. The average molecular weight is 383 g/mol. The van der Waals surface area contributed by atoms with Gasteiger partial charge in [-0.15, -0.1) is 11.3 Å². The second kappa shape index (κ2) is 7.52. The number of hydrogen-bond acceptors (Lipinski definition) is 6. The zero-order chi connectivity index (χ0) is 18.8. The van der Waals surface area contributed by atoms with Crippen molar-refractivity contribution >= 4 is 33.3 Å². The first-order chi connectivity index (χ1) is 13.2. The molecule has 1 fully saturated rings. The molecule has 6 nitrogen and oxygen atoms in total. The zero-order valence-electron chi connectivity index (χ0n) is 15.1. The Balaban J connectivity index is 1.74. The largest absolute Gasteiger partial charge is 0.494 e. The van der Waals surface area contributed by atoms with Crippen LogP contribution in [-0.2, 0) is 4.79 Å². The summed E-state index contributed by atoms with van der Waals surface area (Å²) in [5.74, 6) is 0.590. The van der Waals surface area contributed by atoms with E-state index >= 15 is 0 Å². The van der Waals surface area contributed by atoms with Crippen molar-refractivity contribution in [3.63, 3.8) is 0 Å². The molecule has 1 aliphatic heterocycles. The van der Waals surface area contributed by atoms with Gasteiger partial charge in [0.25, 0.3) is 0 Å². The number of aromatic nitrogens is 2. The van der Waals surface area contributed by atoms with E-state index < -0.39 is 5.97 Å². The summed E-state index contributed by atoms with van der Waals surface area (Å²) >= 11 is 1.58. The van der Waals surface area contributed by atoms with Gasteiger partial charge >= 0.3 is 5.97 Å². The quantitative estimate of drug-likeness (QED) is 0.716. The summed E-state index contributed by atoms with van der Waals surface area (Å²) in [5, 5.41) is 12.5. The Morgan fingerprint density at radius 3 is 2.89 bits per heavy atom. The number of ether oxygens (including phenoxy) is 1. The highest BCUT2D eigenvalue weighted by Crippen LogP contribution is 2.39. The summed E-state index contributed by atoms with van der Waals surface area (Å²) in [5.41, 5.74) is 2.15. The molecule has 3 aromatic rings. The number of carboxylic acids is 1. The predicted molar refractivity (Wildman–Crippen MR) is 107 cm³/mol. The number of rotatable bonds is 5. The van der Waals surface area contributed by atoms with E-state index in [-0.39, 0.29) is 5.92 Å². The lowest BCUT2D eigenvalue weighted by Gasteiger charge is -2.32. The summed E-state index contributed by atoms with van der Waals surface area (Å²) in [6, 6.07) is 8.01. The van der Waals surface area contributed by atoms with Crippen LogP contribution in [0.4, 0.5) is 5.82 Å². The molecule has 2 aromatic heterocycles. The van der Waals surface area contributed by atoms with Crippen LogP contribution in [-0.4, -0.2) is 40.7 Å². The van der Waals surface area contributed by atoms with E-state index in [0.29, 0.717) is 13.2 Å². The van der Waals surface area contributed by atoms with Crippen LogP contribution in [0.5, 0.6) is 5.75 Å². The molecule has 1 saturated heterocycles. The van der Waals surface area contributed by atoms with E-state index in [1.54, 1.807) is 17.7 Å². The minimum absolute atomic E-state index is 0.351. The van der Waals surface area contributed by atoms with E-state index in [2.05, 4.69) is 20.2 Å². The van der Waals surface area contributed by atoms with Crippen LogP contribution in [0.15, 0.2) is 36.0 Å². The van der Waals surface area contributed by atoms with E-state index in [4.69, 9.17) is 4.74 Å². The third-order valence-corrected chi connectivity index (χ3v) is 5.78. The van der Waals surface area contributed by atoms with Gasteiger partial charge in [0.05, 0.1) is 17.9 Å². The Hall–Kier alpha value is -2.67. The lowest BCUT2D eigenvalue weighted by molar-refractivity contribution is -0.141. The lowest BCUT2D eigenvalue weighted by atomic mass is 9.97. The highest BCUT2D eigenvalue weighted by molar-refractivity contribution is 7.17. The monoisotopic (exact) mass is 383 g/mol. The van der Waals surface area contributed by atoms with Crippen molar-refractivity contribution in [2.24, 2.45) is 5.92 Å². The van der Waals surface area contributed by atoms with Crippen molar-refractivity contribution in [2.45, 2.75) is 19.8 Å². The van der Waals surface area contributed by atoms with Gasteiger partial charge in [0.1, 0.15) is 22.7 Å². The summed E-state index contributed by atoms with van der Waals surface area (Å²) in [7, 11) is 0. The van der Waals surface area contributed by atoms with Gasteiger partial charge in [-0.3, -0.25) is 4.79 Å². The fourth-order valence-electron chi connectivity index (χ4n) is 3.58. The number of carboxylic acid groups (broad SMARTS) is 1. The second-order valence-corrected chi connectivity index (χ2v) is 7.47. The van der Waals surface area contributed by atoms with Crippen molar-refractivity contribution in [2.75, 3.05) is 24.6 Å². The molecule has 1 unspecified atom stereocenters. The van der Waals surface area contributed by atoms with E-state index in [1.807, 2.05) is 31.2 Å². The first-order valence-corrected chi connectivity index (χ1v) is 9.98. The molecule has 140 valence electrons. The molecular formula is C20H21N3O3S. The standard InChI is InChI=1S/C20H21N3O3S/c1-2-26-15-7-5-13(6-8-15)16-11-27-19-17(16)18(21-12-22-19)23-9-3-4-14(10-23)20(24)25/h5-8,11-12,14H,2-4,9-10H2,1H3,(H,24,25). The first kappa shape index (κ1) is 17.7. The van der Waals surface area contributed by atoms with E-state index in [0.717, 1.165) is 52.3 Å². The summed E-state index contributed by atoms with van der Waals surface area (Å²) < 4.78 is 5.53. The minimum Gasteiger partial charge on any atom is -0.494 e. The number of thiophene rings is 1. The highest BCUT2D eigenvalue weighted by Gasteiger charge is 2.28. The molecule has 0 saturated carbocycles. The number of carbonyl (C=O) groups is 1. The maximum Gasteiger partial charge on any atom is 0.308 e. The molecule has 1 aromatic carbocycles. The normalized spacial score (nSPS) is 17.2. The van der Waals surface area contributed by atoms with Crippen molar-refractivity contribution in [1.29, 1.82) is 0 Å². The number of hydrogen-bond donors (Lipinski definition) is 1. The molecule has 1 N–H and O–H groups in total. The molecule has 1 atom stereocenters. The van der Waals surface area contributed by atoms with Gasteiger partial charge in [-0.05, 0) is 37.5 Å². The van der Waals surface area contributed by atoms with Gasteiger partial charge in [0, 0.05) is 24.0 Å². The highest BCUT2D eigenvalue weighted by atomic mass is 32.1. The Morgan fingerprint density at radius 2 is 2.15 bits per heavy atom. The molecule has 7 heteroatoms. The average Bonchev–Trinajstić information content (AvgIpc) is 3.13. The fourth-order valence-corrected chi connectivity index (χ4v) is 4.49. The molecule has 0 spiro atoms. The third kappa shape index (κ3) is 3.47. The molecule has 1 aliphatic rings. The lowest BCUT2D eigenvalue weighted by Crippen LogP contribution is -2.39. The van der Waals surface area contributed by atoms with E-state index in [9.17, 15) is 9.90 Å². The van der Waals surface area contributed by atoms with Crippen LogP contribution in [0.3, 0.4) is 0 Å². The van der Waals surface area contributed by atoms with Crippen molar-refractivity contribution in [3.05, 3.63) is 36.0 Å². The predicted octanol–water partition coefficient (Wildman–Crippen LogP) is 4.06. The molecule has 0 radical (unpaired) electrons. The van der Waals surface area contributed by atoms with Crippen LogP contribution in [0.2, 0.25) is 0 Å². The SMILES string of the molecule is CCOc1ccc(-c2csc3ncnc(N4CCCC(C(=O)O)C4)c23)cc1. The van der Waals surface area contributed by atoms with Gasteiger partial charge in [-0.1, -0.05) is 12.1 Å². The molecule has 4 rings (SSSR count). The first-order valence-electron chi connectivity index (χ1n) is 9.10. The van der Waals surface area contributed by atoms with Gasteiger partial charge in [0.15, 0.2) is 0 Å². The van der Waals surface area contributed by atoms with Crippen molar-refractivity contribution < 1.29 is 14.6 Å². The number of benzene rings is 1. The summed E-state index contributed by atoms with van der Waals surface area (Å²) in [4.78, 5) is 23.4. The molecule has 0 amide bonds. The van der Waals surface area contributed by atoms with Crippen LogP contribution in [0.1, 0.15) is 19.8 Å². The molecule has 27 heavy (non-hydrogen) atoms. The Labute approximate surface area is 161 Å². The molecule has 0 aliphatic carbocycles. The summed E-state index contributed by atoms with van der Waals surface area (Å²) in [6.07, 6.45) is 3.14. The number of aliphatic carboxylic acids is 1. The van der Waals surface area contributed by atoms with Crippen LogP contribution in [0.25, 0.3) is 21.3 Å². The summed E-state index contributed by atoms with van der Waals surface area (Å²) in [6.45, 7) is 3.90. The van der Waals surface area contributed by atoms with Crippen LogP contribution < -0.4 is 9.64 Å². The maximum atomic E-state index is 11.4. The fraction of sp³-hybridized carbons (Fsp3) is 0.350. The van der Waals surface area contributed by atoms with Gasteiger partial charge < -0.3 is 14.7 Å². The number of piperidine rings is 1. The second-order valence-electron chi connectivity index (χ2n) is 6.61. The number of anilines is 1. The number of fused-ring (bicyclic) bond motifs is 1. The topological polar surface area (TPSA) is 75.6 Å². The minimum atomic E-state index is -0.734. The zero-order valence-corrected chi connectivity index (χ0v) is 15.9. The van der Waals surface area contributed by atoms with Gasteiger partial charge in [-0.25, -0.2) is 9.97 Å². The van der Waals surface area contributed by atoms with Crippen LogP contribution in [0, 0.1) is 5.92 Å². The Kier molecular flexibility index (Phi) is 4.94. The Bertz CT molecular complexity index is 955. The smallest absolute Gasteiger partial charge is 0.308 e. The van der Waals surface area contributed by atoms with Crippen molar-refractivity contribution in [1.82, 2.24) is 9.97 Å².